The molecule has 0 aliphatic heterocycles. The van der Waals surface area contributed by atoms with Gasteiger partial charge in [0.15, 0.2) is 23.1 Å². The number of hydrogen-bond donors (Lipinski definition) is 2. The number of carbonyl (C=O) groups excluding carboxylic acids is 8. The topological polar surface area (TPSA) is 179 Å². The quantitative estimate of drug-likeness (QED) is 0.0232. The second kappa shape index (κ2) is 27.4. The van der Waals surface area contributed by atoms with Crippen LogP contribution in [0.15, 0.2) is 146 Å². The van der Waals surface area contributed by atoms with Gasteiger partial charge in [0.1, 0.15) is 5.75 Å². The Kier molecular flexibility index (Phi) is 20.5. The molecule has 1 saturated carbocycles. The summed E-state index contributed by atoms with van der Waals surface area (Å²) >= 11 is 0. The van der Waals surface area contributed by atoms with Crippen molar-refractivity contribution in [1.29, 1.82) is 0 Å². The van der Waals surface area contributed by atoms with Crippen LogP contribution in [0.1, 0.15) is 180 Å². The standard InChI is InChI=1S/C65H57F9N2O10/c1-62(2,3)48-25-21-42(22-26-48)54(77)36-52(41-23-27-51(28-24-41)86-65(72,73)74)58(81)43-13-17-45(18-14-43)60(83)75-31-29-56(79)85-57(80)30-32-76-61(84)46-19-15-44(16-20-46)59(82)53(40-11-9-39(10-12-40)38-7-5-4-6-8-38)37-55(78)47-33-49(63(66,67)68)35-50(34-47)64(69,70)71/h9-28,33-36,38,53H,4-8,29-32,37H2,1-3H3,(H,75,83)(H,76,84)/b52-36-. The van der Waals surface area contributed by atoms with Crippen molar-refractivity contribution < 1.29 is 87.3 Å². The lowest BCUT2D eigenvalue weighted by Crippen LogP contribution is -2.29. The van der Waals surface area contributed by atoms with Crippen molar-refractivity contribution in [1.82, 2.24) is 10.6 Å². The Bertz CT molecular complexity index is 3470. The molecule has 6 aromatic carbocycles. The second-order valence-corrected chi connectivity index (χ2v) is 21.5. The number of ketones is 4. The molecule has 12 nitrogen and oxygen atoms in total. The molecule has 0 aromatic heterocycles. The van der Waals surface area contributed by atoms with Crippen LogP contribution in [0.25, 0.3) is 5.57 Å². The fraction of sp³-hybridized carbons (Fsp3) is 0.292. The van der Waals surface area contributed by atoms with E-state index >= 15 is 0 Å². The Hall–Kier alpha value is -9.01. The molecule has 2 amide bonds. The normalized spacial score (nSPS) is 13.7. The van der Waals surface area contributed by atoms with Crippen LogP contribution >= 0.6 is 0 Å². The molecule has 7 rings (SSSR count). The van der Waals surface area contributed by atoms with Crippen molar-refractivity contribution in [3.8, 4) is 5.75 Å². The van der Waals surface area contributed by atoms with E-state index in [4.69, 9.17) is 4.74 Å². The molecule has 450 valence electrons. The summed E-state index contributed by atoms with van der Waals surface area (Å²) in [6.07, 6.45) is -11.1. The molecule has 1 unspecified atom stereocenters. The van der Waals surface area contributed by atoms with Crippen molar-refractivity contribution in [3.63, 3.8) is 0 Å². The monoisotopic (exact) mass is 1200 g/mol. The number of rotatable bonds is 21. The van der Waals surface area contributed by atoms with Crippen molar-refractivity contribution in [2.45, 2.75) is 108 Å². The van der Waals surface area contributed by atoms with E-state index in [-0.39, 0.29) is 75.0 Å². The number of allylic oxidation sites excluding steroid dienone is 2. The largest absolute Gasteiger partial charge is 0.573 e. The van der Waals surface area contributed by atoms with Crippen molar-refractivity contribution >= 4 is 52.5 Å². The molecule has 21 heteroatoms. The summed E-state index contributed by atoms with van der Waals surface area (Å²) in [5.74, 6) is -8.28. The molecular formula is C65H57F9N2O10. The molecule has 1 fully saturated rings. The number of nitrogens with one attached hydrogen (secondary N) is 2. The lowest BCUT2D eigenvalue weighted by Gasteiger charge is -2.23. The van der Waals surface area contributed by atoms with Gasteiger partial charge in [0.2, 0.25) is 0 Å². The van der Waals surface area contributed by atoms with E-state index in [1.807, 2.05) is 20.8 Å². The Morgan fingerprint density at radius 3 is 1.47 bits per heavy atom. The van der Waals surface area contributed by atoms with E-state index in [0.717, 1.165) is 61.4 Å². The van der Waals surface area contributed by atoms with Crippen molar-refractivity contribution in [2.75, 3.05) is 13.1 Å². The molecule has 1 atom stereocenters. The Morgan fingerprint density at radius 1 is 0.523 bits per heavy atom. The van der Waals surface area contributed by atoms with Crippen LogP contribution in [0.3, 0.4) is 0 Å². The van der Waals surface area contributed by atoms with Crippen LogP contribution < -0.4 is 15.4 Å². The molecule has 1 aliphatic carbocycles. The zero-order chi connectivity index (χ0) is 62.7. The first-order valence-corrected chi connectivity index (χ1v) is 27.2. The van der Waals surface area contributed by atoms with Gasteiger partial charge in [-0.05, 0) is 107 Å². The number of amides is 2. The highest BCUT2D eigenvalue weighted by Gasteiger charge is 2.38. The van der Waals surface area contributed by atoms with Crippen LogP contribution in [0.4, 0.5) is 39.5 Å². The number of halogens is 9. The molecular weight excluding hydrogens is 1140 g/mol. The Balaban J connectivity index is 0.913. The minimum atomic E-state index is -5.22. The van der Waals surface area contributed by atoms with Gasteiger partial charge in [-0.15, -0.1) is 13.2 Å². The maximum Gasteiger partial charge on any atom is 0.573 e. The first-order chi connectivity index (χ1) is 40.4. The summed E-state index contributed by atoms with van der Waals surface area (Å²) in [4.78, 5) is 106. The number of Topliss-reactive ketones (excluding diaryl/α,β-unsaturated/α-hetero) is 3. The summed E-state index contributed by atoms with van der Waals surface area (Å²) in [7, 11) is 0. The molecule has 0 radical (unpaired) electrons. The maximum absolute atomic E-state index is 14.2. The van der Waals surface area contributed by atoms with E-state index in [0.29, 0.717) is 12.1 Å². The van der Waals surface area contributed by atoms with Gasteiger partial charge in [-0.1, -0.05) is 125 Å². The number of esters is 2. The Labute approximate surface area is 488 Å². The third kappa shape index (κ3) is 17.8. The number of ether oxygens (including phenoxy) is 2. The van der Waals surface area contributed by atoms with Gasteiger partial charge >= 0.3 is 30.7 Å². The fourth-order valence-electron chi connectivity index (χ4n) is 9.59. The van der Waals surface area contributed by atoms with Gasteiger partial charge < -0.3 is 20.1 Å². The van der Waals surface area contributed by atoms with Gasteiger partial charge in [0.05, 0.1) is 29.9 Å². The van der Waals surface area contributed by atoms with E-state index in [2.05, 4.69) is 15.4 Å². The van der Waals surface area contributed by atoms with E-state index in [1.54, 1.807) is 48.5 Å². The van der Waals surface area contributed by atoms with Crippen LogP contribution in [-0.4, -0.2) is 66.3 Å². The summed E-state index contributed by atoms with van der Waals surface area (Å²) < 4.78 is 130. The highest BCUT2D eigenvalue weighted by molar-refractivity contribution is 6.32. The molecule has 2 N–H and O–H groups in total. The zero-order valence-corrected chi connectivity index (χ0v) is 46.6. The predicted octanol–water partition coefficient (Wildman–Crippen LogP) is 14.4. The molecule has 0 bridgehead atoms. The lowest BCUT2D eigenvalue weighted by molar-refractivity contribution is -0.274. The van der Waals surface area contributed by atoms with Crippen molar-refractivity contribution in [3.05, 3.63) is 212 Å². The molecule has 6 aromatic rings. The van der Waals surface area contributed by atoms with Crippen LogP contribution in [0, 0.1) is 0 Å². The summed E-state index contributed by atoms with van der Waals surface area (Å²) in [5, 5.41) is 4.94. The van der Waals surface area contributed by atoms with E-state index < -0.39 is 113 Å². The molecule has 0 spiro atoms. The smallest absolute Gasteiger partial charge is 0.406 e. The first-order valence-electron chi connectivity index (χ1n) is 27.2. The fourth-order valence-corrected chi connectivity index (χ4v) is 9.59. The average Bonchev–Trinajstić information content (AvgIpc) is 1.45. The first kappa shape index (κ1) is 64.5. The van der Waals surface area contributed by atoms with Gasteiger partial charge in [0.25, 0.3) is 11.8 Å². The zero-order valence-electron chi connectivity index (χ0n) is 46.6. The summed E-state index contributed by atoms with van der Waals surface area (Å²) in [6.45, 7) is 5.34. The van der Waals surface area contributed by atoms with Gasteiger partial charge in [-0.2, -0.15) is 26.3 Å². The number of hydrogen-bond acceptors (Lipinski definition) is 10. The molecule has 86 heavy (non-hydrogen) atoms. The lowest BCUT2D eigenvalue weighted by atomic mass is 9.81. The highest BCUT2D eigenvalue weighted by atomic mass is 19.4. The van der Waals surface area contributed by atoms with E-state index in [9.17, 15) is 77.9 Å². The second-order valence-electron chi connectivity index (χ2n) is 21.5. The predicted molar refractivity (Wildman–Crippen MR) is 298 cm³/mol. The highest BCUT2D eigenvalue weighted by Crippen LogP contribution is 2.39. The SMILES string of the molecule is CC(C)(C)c1ccc(C(=O)/C=C(\C(=O)c2ccc(C(=O)NCCC(=O)OC(=O)CCNC(=O)c3ccc(C(=O)C(CC(=O)c4cc(C(F)(F)F)cc(C(F)(F)F)c4)c4ccc(C5CCCCC5)cc4)cc3)cc2)c2ccc(OC(F)(F)F)cc2)cc1. The maximum atomic E-state index is 14.2. The average molecular weight is 1200 g/mol. The van der Waals surface area contributed by atoms with Gasteiger partial charge in [-0.25, -0.2) is 0 Å². The number of alkyl halides is 9. The third-order valence-electron chi connectivity index (χ3n) is 14.3. The Morgan fingerprint density at radius 2 is 0.988 bits per heavy atom. The summed E-state index contributed by atoms with van der Waals surface area (Å²) in [5.41, 5.74) is -2.11. The number of benzene rings is 6. The van der Waals surface area contributed by atoms with Crippen molar-refractivity contribution in [2.24, 2.45) is 0 Å². The van der Waals surface area contributed by atoms with Crippen LogP contribution in [0.2, 0.25) is 0 Å². The van der Waals surface area contributed by atoms with Crippen LogP contribution in [0.5, 0.6) is 5.75 Å². The van der Waals surface area contributed by atoms with Gasteiger partial charge in [-0.3, -0.25) is 38.4 Å². The molecule has 0 saturated heterocycles. The third-order valence-corrected chi connectivity index (χ3v) is 14.3. The minimum Gasteiger partial charge on any atom is -0.406 e. The van der Waals surface area contributed by atoms with Gasteiger partial charge in [0, 0.05) is 58.5 Å². The molecule has 0 heterocycles. The molecule has 1 aliphatic rings. The van der Waals surface area contributed by atoms with E-state index in [1.165, 1.54) is 60.7 Å². The van der Waals surface area contributed by atoms with Crippen LogP contribution in [-0.2, 0) is 32.1 Å². The summed E-state index contributed by atoms with van der Waals surface area (Å²) in [6, 6.07) is 28.5. The number of carbonyl (C=O) groups is 8. The minimum absolute atomic E-state index is 0.00474.